The van der Waals surface area contributed by atoms with E-state index in [0.717, 1.165) is 43.7 Å². The van der Waals surface area contributed by atoms with Crippen LogP contribution in [0.25, 0.3) is 0 Å². The van der Waals surface area contributed by atoms with Crippen molar-refractivity contribution in [1.82, 2.24) is 4.90 Å². The predicted molar refractivity (Wildman–Crippen MR) is 88.9 cm³/mol. The SMILES string of the molecule is CCN(c1cc(C(F)(F)F)ccc1C)C1CCN(C(C)C)CC1. The van der Waals surface area contributed by atoms with Gasteiger partial charge >= 0.3 is 6.18 Å². The van der Waals surface area contributed by atoms with Crippen molar-refractivity contribution in [3.63, 3.8) is 0 Å². The van der Waals surface area contributed by atoms with Gasteiger partial charge < -0.3 is 9.80 Å². The van der Waals surface area contributed by atoms with E-state index in [9.17, 15) is 13.2 Å². The largest absolute Gasteiger partial charge is 0.416 e. The first-order chi connectivity index (χ1) is 10.7. The Morgan fingerprint density at radius 3 is 2.30 bits per heavy atom. The van der Waals surface area contributed by atoms with Crippen molar-refractivity contribution in [3.8, 4) is 0 Å². The molecule has 0 spiro atoms. The van der Waals surface area contributed by atoms with Gasteiger partial charge in [-0.3, -0.25) is 0 Å². The molecule has 1 aromatic rings. The molecule has 0 atom stereocenters. The number of rotatable bonds is 4. The van der Waals surface area contributed by atoms with E-state index in [1.165, 1.54) is 12.1 Å². The molecule has 0 amide bonds. The van der Waals surface area contributed by atoms with Gasteiger partial charge in [0, 0.05) is 37.4 Å². The van der Waals surface area contributed by atoms with Crippen molar-refractivity contribution in [2.75, 3.05) is 24.5 Å². The summed E-state index contributed by atoms with van der Waals surface area (Å²) in [5.74, 6) is 0. The molecule has 5 heteroatoms. The highest BCUT2D eigenvalue weighted by Gasteiger charge is 2.32. The number of anilines is 1. The zero-order chi connectivity index (χ0) is 17.2. The summed E-state index contributed by atoms with van der Waals surface area (Å²) in [6, 6.07) is 4.92. The normalized spacial score (nSPS) is 17.7. The van der Waals surface area contributed by atoms with Crippen LogP contribution in [0, 0.1) is 6.92 Å². The van der Waals surface area contributed by atoms with E-state index in [2.05, 4.69) is 23.6 Å². The van der Waals surface area contributed by atoms with Gasteiger partial charge in [0.1, 0.15) is 0 Å². The quantitative estimate of drug-likeness (QED) is 0.789. The zero-order valence-corrected chi connectivity index (χ0v) is 14.5. The molecule has 2 nitrogen and oxygen atoms in total. The van der Waals surface area contributed by atoms with Crippen LogP contribution < -0.4 is 4.90 Å². The van der Waals surface area contributed by atoms with Gasteiger partial charge in [-0.25, -0.2) is 0 Å². The van der Waals surface area contributed by atoms with Crippen LogP contribution in [0.3, 0.4) is 0 Å². The Balaban J connectivity index is 2.21. The van der Waals surface area contributed by atoms with Crippen LogP contribution in [-0.4, -0.2) is 36.6 Å². The average Bonchev–Trinajstić information content (AvgIpc) is 2.49. The highest BCUT2D eigenvalue weighted by molar-refractivity contribution is 5.56. The predicted octanol–water partition coefficient (Wildman–Crippen LogP) is 4.71. The third kappa shape index (κ3) is 4.19. The fourth-order valence-corrected chi connectivity index (χ4v) is 3.43. The van der Waals surface area contributed by atoms with E-state index >= 15 is 0 Å². The number of aryl methyl sites for hydroxylation is 1. The molecule has 2 rings (SSSR count). The van der Waals surface area contributed by atoms with E-state index in [0.29, 0.717) is 12.1 Å². The third-order valence-electron chi connectivity index (χ3n) is 4.86. The lowest BCUT2D eigenvalue weighted by Crippen LogP contribution is -2.47. The number of likely N-dealkylation sites (tertiary alicyclic amines) is 1. The van der Waals surface area contributed by atoms with Gasteiger partial charge in [0.15, 0.2) is 0 Å². The Morgan fingerprint density at radius 2 is 1.83 bits per heavy atom. The molecule has 0 bridgehead atoms. The fourth-order valence-electron chi connectivity index (χ4n) is 3.43. The summed E-state index contributed by atoms with van der Waals surface area (Å²) in [5, 5.41) is 0. The molecule has 0 aromatic heterocycles. The minimum atomic E-state index is -4.29. The summed E-state index contributed by atoms with van der Waals surface area (Å²) >= 11 is 0. The van der Waals surface area contributed by atoms with E-state index in [1.807, 2.05) is 13.8 Å². The number of nitrogens with zero attached hydrogens (tertiary/aromatic N) is 2. The molecule has 1 heterocycles. The second-order valence-corrected chi connectivity index (χ2v) is 6.65. The summed E-state index contributed by atoms with van der Waals surface area (Å²) in [5.41, 5.74) is 1.08. The van der Waals surface area contributed by atoms with E-state index in [4.69, 9.17) is 0 Å². The Hall–Kier alpha value is -1.23. The molecule has 130 valence electrons. The molecule has 0 N–H and O–H groups in total. The van der Waals surface area contributed by atoms with Crippen molar-refractivity contribution >= 4 is 5.69 Å². The summed E-state index contributed by atoms with van der Waals surface area (Å²) in [6.45, 7) is 11.0. The standard InChI is InChI=1S/C18H27F3N2/c1-5-23(16-8-10-22(11-9-16)13(2)3)17-12-15(18(19,20)21)7-6-14(17)4/h6-7,12-13,16H,5,8-11H2,1-4H3. The number of piperidine rings is 1. The maximum Gasteiger partial charge on any atom is 0.416 e. The molecule has 1 aliphatic heterocycles. The number of benzene rings is 1. The van der Waals surface area contributed by atoms with Crippen LogP contribution in [0.1, 0.15) is 44.7 Å². The molecule has 23 heavy (non-hydrogen) atoms. The topological polar surface area (TPSA) is 6.48 Å². The van der Waals surface area contributed by atoms with Gasteiger partial charge in [-0.2, -0.15) is 13.2 Å². The lowest BCUT2D eigenvalue weighted by molar-refractivity contribution is -0.137. The van der Waals surface area contributed by atoms with E-state index in [1.54, 1.807) is 6.07 Å². The van der Waals surface area contributed by atoms with Gasteiger partial charge in [0.05, 0.1) is 5.56 Å². The summed E-state index contributed by atoms with van der Waals surface area (Å²) in [6.07, 6.45) is -2.29. The van der Waals surface area contributed by atoms with Crippen LogP contribution in [0.2, 0.25) is 0 Å². The third-order valence-corrected chi connectivity index (χ3v) is 4.86. The minimum Gasteiger partial charge on any atom is -0.369 e. The first-order valence-electron chi connectivity index (χ1n) is 8.42. The van der Waals surface area contributed by atoms with Crippen molar-refractivity contribution in [2.45, 2.75) is 58.8 Å². The minimum absolute atomic E-state index is 0.317. The maximum absolute atomic E-state index is 13.0. The second-order valence-electron chi connectivity index (χ2n) is 6.65. The number of hydrogen-bond acceptors (Lipinski definition) is 2. The Kier molecular flexibility index (Phi) is 5.61. The lowest BCUT2D eigenvalue weighted by atomic mass is 9.99. The van der Waals surface area contributed by atoms with Gasteiger partial charge in [0.2, 0.25) is 0 Å². The number of hydrogen-bond donors (Lipinski definition) is 0. The van der Waals surface area contributed by atoms with Crippen molar-refractivity contribution in [3.05, 3.63) is 29.3 Å². The Morgan fingerprint density at radius 1 is 1.22 bits per heavy atom. The first-order valence-corrected chi connectivity index (χ1v) is 8.42. The zero-order valence-electron chi connectivity index (χ0n) is 14.5. The summed E-state index contributed by atoms with van der Waals surface area (Å²) < 4.78 is 39.1. The molecule has 0 aliphatic carbocycles. The van der Waals surface area contributed by atoms with E-state index < -0.39 is 11.7 Å². The number of halogens is 3. The molecule has 0 saturated carbocycles. The highest BCUT2D eigenvalue weighted by atomic mass is 19.4. The van der Waals surface area contributed by atoms with Gasteiger partial charge in [0.25, 0.3) is 0 Å². The summed E-state index contributed by atoms with van der Waals surface area (Å²) in [7, 11) is 0. The van der Waals surface area contributed by atoms with Gasteiger partial charge in [-0.15, -0.1) is 0 Å². The summed E-state index contributed by atoms with van der Waals surface area (Å²) in [4.78, 5) is 4.59. The average molecular weight is 328 g/mol. The van der Waals surface area contributed by atoms with Crippen molar-refractivity contribution < 1.29 is 13.2 Å². The molecular weight excluding hydrogens is 301 g/mol. The molecular formula is C18H27F3N2. The molecule has 0 unspecified atom stereocenters. The monoisotopic (exact) mass is 328 g/mol. The van der Waals surface area contributed by atoms with Crippen LogP contribution in [0.4, 0.5) is 18.9 Å². The van der Waals surface area contributed by atoms with Crippen LogP contribution in [0.15, 0.2) is 18.2 Å². The van der Waals surface area contributed by atoms with Crippen LogP contribution in [-0.2, 0) is 6.18 Å². The smallest absolute Gasteiger partial charge is 0.369 e. The molecule has 1 aliphatic rings. The number of alkyl halides is 3. The Labute approximate surface area is 137 Å². The first kappa shape index (κ1) is 18.1. The van der Waals surface area contributed by atoms with E-state index in [-0.39, 0.29) is 0 Å². The van der Waals surface area contributed by atoms with Crippen LogP contribution in [0.5, 0.6) is 0 Å². The Bertz CT molecular complexity index is 517. The molecule has 1 saturated heterocycles. The second kappa shape index (κ2) is 7.12. The lowest BCUT2D eigenvalue weighted by Gasteiger charge is -2.41. The molecule has 1 aromatic carbocycles. The van der Waals surface area contributed by atoms with Crippen LogP contribution >= 0.6 is 0 Å². The van der Waals surface area contributed by atoms with Gasteiger partial charge in [-0.1, -0.05) is 6.07 Å². The fraction of sp³-hybridized carbons (Fsp3) is 0.667. The van der Waals surface area contributed by atoms with Gasteiger partial charge in [-0.05, 0) is 58.2 Å². The van der Waals surface area contributed by atoms with Crippen molar-refractivity contribution in [1.29, 1.82) is 0 Å². The maximum atomic E-state index is 13.0. The molecule has 0 radical (unpaired) electrons. The highest BCUT2D eigenvalue weighted by Crippen LogP contribution is 2.35. The molecule has 1 fully saturated rings. The van der Waals surface area contributed by atoms with Crippen molar-refractivity contribution in [2.24, 2.45) is 0 Å².